The Bertz CT molecular complexity index is 391. The number of nitrogens with zero attached hydrogens (tertiary/aromatic N) is 1. The van der Waals surface area contributed by atoms with Crippen LogP contribution in [0.2, 0.25) is 0 Å². The molecule has 0 saturated carbocycles. The molecular weight excluding hydrogens is 222 g/mol. The molecule has 3 aliphatic rings. The molecule has 6 heteroatoms. The molecular formula is C11H15N3O3. The molecule has 17 heavy (non-hydrogen) atoms. The zero-order chi connectivity index (χ0) is 12.0. The average molecular weight is 237 g/mol. The molecule has 92 valence electrons. The Kier molecular flexibility index (Phi) is 2.39. The fourth-order valence-corrected chi connectivity index (χ4v) is 2.76. The predicted molar refractivity (Wildman–Crippen MR) is 57.7 cm³/mol. The summed E-state index contributed by atoms with van der Waals surface area (Å²) >= 11 is 0. The zero-order valence-electron chi connectivity index (χ0n) is 9.44. The second kappa shape index (κ2) is 3.80. The molecule has 0 aromatic carbocycles. The molecule has 3 rings (SSSR count). The van der Waals surface area contributed by atoms with Crippen LogP contribution in [0, 0.1) is 17.8 Å². The molecule has 3 fully saturated rings. The predicted octanol–water partition coefficient (Wildman–Crippen LogP) is -1.67. The first kappa shape index (κ1) is 10.7. The maximum absolute atomic E-state index is 12.0. The van der Waals surface area contributed by atoms with E-state index in [2.05, 4.69) is 10.6 Å². The fourth-order valence-electron chi connectivity index (χ4n) is 2.76. The van der Waals surface area contributed by atoms with E-state index in [0.29, 0.717) is 19.5 Å². The van der Waals surface area contributed by atoms with Gasteiger partial charge in [-0.2, -0.15) is 0 Å². The second-order valence-electron chi connectivity index (χ2n) is 4.99. The minimum atomic E-state index is -0.326. The number of hydrogen-bond acceptors (Lipinski definition) is 4. The first-order chi connectivity index (χ1) is 8.16. The van der Waals surface area contributed by atoms with Crippen molar-refractivity contribution in [3.05, 3.63) is 0 Å². The Morgan fingerprint density at radius 3 is 2.53 bits per heavy atom. The van der Waals surface area contributed by atoms with Crippen molar-refractivity contribution in [2.45, 2.75) is 6.42 Å². The Balaban J connectivity index is 1.69. The van der Waals surface area contributed by atoms with Gasteiger partial charge in [0.25, 0.3) is 0 Å². The van der Waals surface area contributed by atoms with Crippen LogP contribution in [0.15, 0.2) is 0 Å². The molecule has 0 radical (unpaired) electrons. The van der Waals surface area contributed by atoms with E-state index in [9.17, 15) is 14.4 Å². The Morgan fingerprint density at radius 2 is 1.88 bits per heavy atom. The number of carbonyl (C=O) groups is 3. The molecule has 3 heterocycles. The summed E-state index contributed by atoms with van der Waals surface area (Å²) in [6.07, 6.45) is 0.605. The van der Waals surface area contributed by atoms with Crippen molar-refractivity contribution in [1.29, 1.82) is 0 Å². The standard InChI is InChI=1S/C11H15N3O3/c15-9-7-1-2-14(5-8(7)10(16)13-9)11(17)6-3-12-4-6/h6-8,12H,1-5H2,(H,13,15,16)/t7-,8+/m0/s1. The highest BCUT2D eigenvalue weighted by Gasteiger charge is 2.46. The second-order valence-corrected chi connectivity index (χ2v) is 4.99. The van der Waals surface area contributed by atoms with Crippen molar-refractivity contribution in [3.63, 3.8) is 0 Å². The summed E-state index contributed by atoms with van der Waals surface area (Å²) in [7, 11) is 0. The average Bonchev–Trinajstić information content (AvgIpc) is 2.52. The number of piperidine rings is 1. The lowest BCUT2D eigenvalue weighted by Crippen LogP contribution is -2.55. The van der Waals surface area contributed by atoms with Crippen LogP contribution in [-0.2, 0) is 14.4 Å². The molecule has 2 atom stereocenters. The molecule has 3 amide bonds. The van der Waals surface area contributed by atoms with Gasteiger partial charge in [0.1, 0.15) is 0 Å². The van der Waals surface area contributed by atoms with E-state index in [1.54, 1.807) is 4.90 Å². The van der Waals surface area contributed by atoms with E-state index in [4.69, 9.17) is 0 Å². The number of imide groups is 1. The number of likely N-dealkylation sites (tertiary alicyclic amines) is 1. The van der Waals surface area contributed by atoms with Gasteiger partial charge in [-0.1, -0.05) is 0 Å². The number of amides is 3. The van der Waals surface area contributed by atoms with E-state index in [1.807, 2.05) is 0 Å². The maximum atomic E-state index is 12.0. The summed E-state index contributed by atoms with van der Waals surface area (Å²) < 4.78 is 0. The summed E-state index contributed by atoms with van der Waals surface area (Å²) in [5, 5.41) is 5.41. The fraction of sp³-hybridized carbons (Fsp3) is 0.727. The molecule has 3 saturated heterocycles. The van der Waals surface area contributed by atoms with Gasteiger partial charge in [-0.3, -0.25) is 19.7 Å². The molecule has 0 spiro atoms. The summed E-state index contributed by atoms with van der Waals surface area (Å²) in [6.45, 7) is 2.46. The molecule has 0 unspecified atom stereocenters. The number of hydrogen-bond donors (Lipinski definition) is 2. The molecule has 0 aliphatic carbocycles. The SMILES string of the molecule is O=C1NC(=O)[C@@H]2CN(C(=O)C3CNC3)CC[C@H]12. The molecule has 0 aromatic rings. The van der Waals surface area contributed by atoms with Gasteiger partial charge in [-0.15, -0.1) is 0 Å². The molecule has 3 aliphatic heterocycles. The Labute approximate surface area is 98.7 Å². The lowest BCUT2D eigenvalue weighted by Gasteiger charge is -2.37. The first-order valence-corrected chi connectivity index (χ1v) is 6.01. The van der Waals surface area contributed by atoms with E-state index in [0.717, 1.165) is 13.1 Å². The largest absolute Gasteiger partial charge is 0.342 e. The van der Waals surface area contributed by atoms with Gasteiger partial charge >= 0.3 is 0 Å². The molecule has 0 bridgehead atoms. The van der Waals surface area contributed by atoms with Crippen molar-refractivity contribution in [3.8, 4) is 0 Å². The van der Waals surface area contributed by atoms with Gasteiger partial charge in [-0.05, 0) is 6.42 Å². The van der Waals surface area contributed by atoms with Crippen molar-refractivity contribution >= 4 is 17.7 Å². The van der Waals surface area contributed by atoms with Crippen molar-refractivity contribution in [2.75, 3.05) is 26.2 Å². The lowest BCUT2D eigenvalue weighted by molar-refractivity contribution is -0.141. The van der Waals surface area contributed by atoms with Crippen LogP contribution in [0.4, 0.5) is 0 Å². The minimum absolute atomic E-state index is 0.0618. The number of carbonyl (C=O) groups excluding carboxylic acids is 3. The highest BCUT2D eigenvalue weighted by molar-refractivity contribution is 6.05. The molecule has 2 N–H and O–H groups in total. The van der Waals surface area contributed by atoms with Gasteiger partial charge in [0.05, 0.1) is 17.8 Å². The highest BCUT2D eigenvalue weighted by Crippen LogP contribution is 2.29. The summed E-state index contributed by atoms with van der Waals surface area (Å²) in [5.41, 5.74) is 0. The summed E-state index contributed by atoms with van der Waals surface area (Å²) in [5.74, 6) is -0.748. The zero-order valence-corrected chi connectivity index (χ0v) is 9.44. The van der Waals surface area contributed by atoms with Crippen LogP contribution in [-0.4, -0.2) is 48.8 Å². The highest BCUT2D eigenvalue weighted by atomic mass is 16.2. The number of fused-ring (bicyclic) bond motifs is 1. The summed E-state index contributed by atoms with van der Waals surface area (Å²) in [4.78, 5) is 36.8. The van der Waals surface area contributed by atoms with Crippen LogP contribution >= 0.6 is 0 Å². The third kappa shape index (κ3) is 1.63. The van der Waals surface area contributed by atoms with Crippen LogP contribution in [0.25, 0.3) is 0 Å². The van der Waals surface area contributed by atoms with E-state index >= 15 is 0 Å². The van der Waals surface area contributed by atoms with Gasteiger partial charge < -0.3 is 10.2 Å². The van der Waals surface area contributed by atoms with Crippen molar-refractivity contribution in [2.24, 2.45) is 17.8 Å². The topological polar surface area (TPSA) is 78.5 Å². The van der Waals surface area contributed by atoms with Gasteiger partial charge in [0, 0.05) is 26.2 Å². The minimum Gasteiger partial charge on any atom is -0.342 e. The molecule has 6 nitrogen and oxygen atoms in total. The van der Waals surface area contributed by atoms with Crippen LogP contribution in [0.1, 0.15) is 6.42 Å². The van der Waals surface area contributed by atoms with E-state index in [-0.39, 0.29) is 35.5 Å². The quantitative estimate of drug-likeness (QED) is 0.534. The first-order valence-electron chi connectivity index (χ1n) is 6.01. The van der Waals surface area contributed by atoms with E-state index < -0.39 is 0 Å². The Morgan fingerprint density at radius 1 is 1.18 bits per heavy atom. The lowest BCUT2D eigenvalue weighted by atomic mass is 9.87. The normalized spacial score (nSPS) is 33.1. The third-order valence-electron chi connectivity index (χ3n) is 3.98. The van der Waals surface area contributed by atoms with Gasteiger partial charge in [0.15, 0.2) is 0 Å². The third-order valence-corrected chi connectivity index (χ3v) is 3.98. The van der Waals surface area contributed by atoms with Crippen molar-refractivity contribution < 1.29 is 14.4 Å². The number of rotatable bonds is 1. The van der Waals surface area contributed by atoms with E-state index in [1.165, 1.54) is 0 Å². The van der Waals surface area contributed by atoms with Crippen LogP contribution in [0.3, 0.4) is 0 Å². The monoisotopic (exact) mass is 237 g/mol. The summed E-state index contributed by atoms with van der Waals surface area (Å²) in [6, 6.07) is 0. The Hall–Kier alpha value is -1.43. The number of nitrogens with one attached hydrogen (secondary N) is 2. The molecule has 0 aromatic heterocycles. The van der Waals surface area contributed by atoms with Gasteiger partial charge in [0.2, 0.25) is 17.7 Å². The smallest absolute Gasteiger partial charge is 0.232 e. The maximum Gasteiger partial charge on any atom is 0.232 e. The van der Waals surface area contributed by atoms with Crippen LogP contribution in [0.5, 0.6) is 0 Å². The van der Waals surface area contributed by atoms with Gasteiger partial charge in [-0.25, -0.2) is 0 Å². The van der Waals surface area contributed by atoms with Crippen LogP contribution < -0.4 is 10.6 Å². The van der Waals surface area contributed by atoms with Crippen molar-refractivity contribution in [1.82, 2.24) is 15.5 Å².